The fraction of sp³-hybridized carbons (Fsp3) is 0.333. The van der Waals surface area contributed by atoms with Crippen LogP contribution in [0.4, 0.5) is 4.39 Å². The van der Waals surface area contributed by atoms with Crippen molar-refractivity contribution in [3.8, 4) is 0 Å². The lowest BCUT2D eigenvalue weighted by Gasteiger charge is -2.30. The number of hydrogen-bond acceptors (Lipinski definition) is 1. The zero-order chi connectivity index (χ0) is 14.1. The van der Waals surface area contributed by atoms with Crippen LogP contribution in [-0.2, 0) is 6.42 Å². The predicted octanol–water partition coefficient (Wildman–Crippen LogP) is 4.25. The van der Waals surface area contributed by atoms with Crippen LogP contribution in [0.2, 0.25) is 0 Å². The standard InChI is InChI=1S/C18H20FN/c1-12-11-14(9-10-17(12)19)18(20)16-8-4-6-13-5-2-3-7-15(13)16/h2-3,5,7,9-11,16,18H,4,6,8,20H2,1H3. The predicted molar refractivity (Wildman–Crippen MR) is 80.2 cm³/mol. The first-order valence-electron chi connectivity index (χ1n) is 7.26. The molecule has 104 valence electrons. The van der Waals surface area contributed by atoms with E-state index in [-0.39, 0.29) is 11.9 Å². The molecular formula is C18H20FN. The van der Waals surface area contributed by atoms with E-state index in [1.54, 1.807) is 6.92 Å². The lowest BCUT2D eigenvalue weighted by atomic mass is 9.77. The number of aryl methyl sites for hydroxylation is 2. The van der Waals surface area contributed by atoms with Crippen molar-refractivity contribution in [2.45, 2.75) is 38.1 Å². The molecule has 0 amide bonds. The summed E-state index contributed by atoms with van der Waals surface area (Å²) in [5.41, 5.74) is 11.0. The summed E-state index contributed by atoms with van der Waals surface area (Å²) in [6.45, 7) is 1.79. The van der Waals surface area contributed by atoms with Crippen LogP contribution >= 0.6 is 0 Å². The maximum Gasteiger partial charge on any atom is 0.126 e. The lowest BCUT2D eigenvalue weighted by molar-refractivity contribution is 0.474. The molecular weight excluding hydrogens is 249 g/mol. The van der Waals surface area contributed by atoms with Gasteiger partial charge in [0.25, 0.3) is 0 Å². The van der Waals surface area contributed by atoms with Gasteiger partial charge < -0.3 is 5.73 Å². The van der Waals surface area contributed by atoms with Crippen molar-refractivity contribution in [3.05, 3.63) is 70.5 Å². The molecule has 0 bridgehead atoms. The molecule has 20 heavy (non-hydrogen) atoms. The van der Waals surface area contributed by atoms with Gasteiger partial charge in [0.15, 0.2) is 0 Å². The van der Waals surface area contributed by atoms with Crippen LogP contribution in [0.1, 0.15) is 47.1 Å². The average molecular weight is 269 g/mol. The minimum Gasteiger partial charge on any atom is -0.323 e. The van der Waals surface area contributed by atoms with Gasteiger partial charge in [-0.05, 0) is 54.5 Å². The highest BCUT2D eigenvalue weighted by molar-refractivity contribution is 5.37. The molecule has 0 fully saturated rings. The SMILES string of the molecule is Cc1cc(C(N)C2CCCc3ccccc32)ccc1F. The van der Waals surface area contributed by atoms with Gasteiger partial charge in [-0.3, -0.25) is 0 Å². The minimum absolute atomic E-state index is 0.0595. The second kappa shape index (κ2) is 5.37. The van der Waals surface area contributed by atoms with Gasteiger partial charge in [0.2, 0.25) is 0 Å². The van der Waals surface area contributed by atoms with Crippen molar-refractivity contribution in [2.24, 2.45) is 5.73 Å². The van der Waals surface area contributed by atoms with E-state index in [0.29, 0.717) is 11.5 Å². The molecule has 2 N–H and O–H groups in total. The number of nitrogens with two attached hydrogens (primary N) is 1. The first-order valence-corrected chi connectivity index (χ1v) is 7.26. The molecule has 0 radical (unpaired) electrons. The normalized spacial score (nSPS) is 19.4. The molecule has 1 nitrogen and oxygen atoms in total. The summed E-state index contributed by atoms with van der Waals surface area (Å²) in [5.74, 6) is 0.176. The molecule has 2 unspecified atom stereocenters. The number of fused-ring (bicyclic) bond motifs is 1. The van der Waals surface area contributed by atoms with Gasteiger partial charge in [0.1, 0.15) is 5.82 Å². The van der Waals surface area contributed by atoms with E-state index in [2.05, 4.69) is 24.3 Å². The van der Waals surface area contributed by atoms with Crippen molar-refractivity contribution in [1.82, 2.24) is 0 Å². The van der Waals surface area contributed by atoms with Gasteiger partial charge in [-0.2, -0.15) is 0 Å². The highest BCUT2D eigenvalue weighted by Gasteiger charge is 2.26. The van der Waals surface area contributed by atoms with Crippen LogP contribution in [-0.4, -0.2) is 0 Å². The molecule has 2 aromatic rings. The molecule has 2 aromatic carbocycles. The Labute approximate surface area is 119 Å². The van der Waals surface area contributed by atoms with Crippen molar-refractivity contribution in [3.63, 3.8) is 0 Å². The van der Waals surface area contributed by atoms with Crippen LogP contribution in [0.5, 0.6) is 0 Å². The molecule has 0 aliphatic heterocycles. The minimum atomic E-state index is -0.162. The van der Waals surface area contributed by atoms with Crippen molar-refractivity contribution in [2.75, 3.05) is 0 Å². The third kappa shape index (κ3) is 2.36. The Morgan fingerprint density at radius 2 is 2.00 bits per heavy atom. The van der Waals surface area contributed by atoms with Gasteiger partial charge in [-0.25, -0.2) is 4.39 Å². The van der Waals surface area contributed by atoms with Gasteiger partial charge in [-0.1, -0.05) is 36.4 Å². The number of hydrogen-bond donors (Lipinski definition) is 1. The summed E-state index contributed by atoms with van der Waals surface area (Å²) >= 11 is 0. The van der Waals surface area contributed by atoms with Gasteiger partial charge in [0.05, 0.1) is 0 Å². The highest BCUT2D eigenvalue weighted by Crippen LogP contribution is 2.39. The number of benzene rings is 2. The molecule has 0 spiro atoms. The van der Waals surface area contributed by atoms with Crippen molar-refractivity contribution < 1.29 is 4.39 Å². The van der Waals surface area contributed by atoms with Crippen LogP contribution < -0.4 is 5.73 Å². The first kappa shape index (κ1) is 13.3. The summed E-state index contributed by atoms with van der Waals surface area (Å²) in [5, 5.41) is 0. The van der Waals surface area contributed by atoms with E-state index in [9.17, 15) is 4.39 Å². The Hall–Kier alpha value is -1.67. The number of rotatable bonds is 2. The van der Waals surface area contributed by atoms with Crippen LogP contribution in [0.25, 0.3) is 0 Å². The van der Waals surface area contributed by atoms with Gasteiger partial charge in [-0.15, -0.1) is 0 Å². The zero-order valence-electron chi connectivity index (χ0n) is 11.8. The fourth-order valence-electron chi connectivity index (χ4n) is 3.27. The lowest BCUT2D eigenvalue weighted by Crippen LogP contribution is -2.23. The van der Waals surface area contributed by atoms with Gasteiger partial charge in [0, 0.05) is 12.0 Å². The molecule has 1 aliphatic carbocycles. The summed E-state index contributed by atoms with van der Waals surface area (Å²) in [6, 6.07) is 13.7. The maximum atomic E-state index is 13.4. The smallest absolute Gasteiger partial charge is 0.126 e. The quantitative estimate of drug-likeness (QED) is 0.866. The monoisotopic (exact) mass is 269 g/mol. The topological polar surface area (TPSA) is 26.0 Å². The summed E-state index contributed by atoms with van der Waals surface area (Å²) in [4.78, 5) is 0. The van der Waals surface area contributed by atoms with E-state index in [1.165, 1.54) is 23.6 Å². The molecule has 2 heteroatoms. The summed E-state index contributed by atoms with van der Waals surface area (Å²) in [7, 11) is 0. The molecule has 0 saturated heterocycles. The van der Waals surface area contributed by atoms with Crippen molar-refractivity contribution >= 4 is 0 Å². The van der Waals surface area contributed by atoms with E-state index in [1.807, 2.05) is 12.1 Å². The Kier molecular flexibility index (Phi) is 3.58. The third-order valence-corrected chi connectivity index (χ3v) is 4.42. The van der Waals surface area contributed by atoms with Crippen LogP contribution in [0.15, 0.2) is 42.5 Å². The Morgan fingerprint density at radius 3 is 2.80 bits per heavy atom. The highest BCUT2D eigenvalue weighted by atomic mass is 19.1. The molecule has 0 aromatic heterocycles. The molecule has 0 heterocycles. The molecule has 1 aliphatic rings. The van der Waals surface area contributed by atoms with Crippen LogP contribution in [0.3, 0.4) is 0 Å². The molecule has 2 atom stereocenters. The zero-order valence-corrected chi connectivity index (χ0v) is 11.8. The Morgan fingerprint density at radius 1 is 1.20 bits per heavy atom. The van der Waals surface area contributed by atoms with Crippen molar-refractivity contribution in [1.29, 1.82) is 0 Å². The Balaban J connectivity index is 1.95. The summed E-state index contributed by atoms with van der Waals surface area (Å²) in [6.07, 6.45) is 3.42. The third-order valence-electron chi connectivity index (χ3n) is 4.42. The first-order chi connectivity index (χ1) is 9.66. The fourth-order valence-corrected chi connectivity index (χ4v) is 3.27. The molecule has 0 saturated carbocycles. The largest absolute Gasteiger partial charge is 0.323 e. The van der Waals surface area contributed by atoms with E-state index >= 15 is 0 Å². The maximum absolute atomic E-state index is 13.4. The van der Waals surface area contributed by atoms with E-state index in [4.69, 9.17) is 5.73 Å². The van der Waals surface area contributed by atoms with Gasteiger partial charge >= 0.3 is 0 Å². The summed E-state index contributed by atoms with van der Waals surface area (Å²) < 4.78 is 13.4. The molecule has 3 rings (SSSR count). The Bertz CT molecular complexity index is 621. The second-order valence-corrected chi connectivity index (χ2v) is 5.73. The van der Waals surface area contributed by atoms with E-state index in [0.717, 1.165) is 18.4 Å². The second-order valence-electron chi connectivity index (χ2n) is 5.73. The number of halogens is 1. The van der Waals surface area contributed by atoms with Crippen LogP contribution in [0, 0.1) is 12.7 Å². The van der Waals surface area contributed by atoms with E-state index < -0.39 is 0 Å². The average Bonchev–Trinajstić information content (AvgIpc) is 2.49.